The molecule has 1 heterocycles. The van der Waals surface area contributed by atoms with Gasteiger partial charge in [-0.05, 0) is 12.1 Å². The van der Waals surface area contributed by atoms with Crippen molar-refractivity contribution in [2.75, 3.05) is 0 Å². The van der Waals surface area contributed by atoms with Crippen LogP contribution in [-0.2, 0) is 17.4 Å². The van der Waals surface area contributed by atoms with E-state index in [0.29, 0.717) is 0 Å². The smallest absolute Gasteiger partial charge is 0.550 e. The molecule has 1 rings (SSSR count). The molecular weight excluding hydrogens is 222 g/mol. The Morgan fingerprint density at radius 3 is 2.53 bits per heavy atom. The molecule has 0 aliphatic rings. The fourth-order valence-corrected chi connectivity index (χ4v) is 0.974. The molecule has 0 aliphatic carbocycles. The van der Waals surface area contributed by atoms with Crippen LogP contribution < -0.4 is 34.7 Å². The van der Waals surface area contributed by atoms with Crippen LogP contribution in [0, 0.1) is 0 Å². The summed E-state index contributed by atoms with van der Waals surface area (Å²) in [6.45, 7) is 0. The van der Waals surface area contributed by atoms with Gasteiger partial charge in [0.05, 0.1) is 11.3 Å². The Morgan fingerprint density at radius 2 is 2.07 bits per heavy atom. The van der Waals surface area contributed by atoms with Crippen LogP contribution in [0.4, 0.5) is 13.2 Å². The van der Waals surface area contributed by atoms with Crippen molar-refractivity contribution in [1.29, 1.82) is 0 Å². The monoisotopic (exact) mass is 227 g/mol. The number of carboxylic acids is 1. The molecule has 0 fully saturated rings. The Morgan fingerprint density at radius 1 is 1.47 bits per heavy atom. The predicted octanol–water partition coefficient (Wildman–Crippen LogP) is -2.60. The van der Waals surface area contributed by atoms with E-state index >= 15 is 0 Å². The number of carbonyl (C=O) groups is 1. The quantitative estimate of drug-likeness (QED) is 0.520. The van der Waals surface area contributed by atoms with Crippen LogP contribution in [0.2, 0.25) is 0 Å². The van der Waals surface area contributed by atoms with Gasteiger partial charge in [0.2, 0.25) is 0 Å². The maximum absolute atomic E-state index is 12.2. The second-order valence-electron chi connectivity index (χ2n) is 2.54. The van der Waals surface area contributed by atoms with E-state index in [1.54, 1.807) is 0 Å². The van der Waals surface area contributed by atoms with Crippen molar-refractivity contribution in [2.45, 2.75) is 12.6 Å². The Bertz CT molecular complexity index is 354. The molecule has 0 radical (unpaired) electrons. The molecule has 7 heteroatoms. The number of halogens is 3. The minimum atomic E-state index is -4.58. The van der Waals surface area contributed by atoms with E-state index in [4.69, 9.17) is 0 Å². The maximum atomic E-state index is 12.2. The van der Waals surface area contributed by atoms with E-state index < -0.39 is 29.8 Å². The molecule has 15 heavy (non-hydrogen) atoms. The van der Waals surface area contributed by atoms with Gasteiger partial charge in [0.1, 0.15) is 0 Å². The Kier molecular flexibility index (Phi) is 5.27. The van der Waals surface area contributed by atoms with Gasteiger partial charge in [-0.15, -0.1) is 0 Å². The third kappa shape index (κ3) is 4.19. The summed E-state index contributed by atoms with van der Waals surface area (Å²) in [5.74, 6) is -1.59. The van der Waals surface area contributed by atoms with Crippen LogP contribution in [0.5, 0.6) is 0 Å². The van der Waals surface area contributed by atoms with E-state index in [0.717, 1.165) is 18.3 Å². The Balaban J connectivity index is 0.00000196. The van der Waals surface area contributed by atoms with Gasteiger partial charge in [0.25, 0.3) is 0 Å². The van der Waals surface area contributed by atoms with Crippen LogP contribution in [-0.4, -0.2) is 11.0 Å². The molecule has 0 saturated carbocycles. The number of carboxylic acid groups (broad SMARTS) is 1. The van der Waals surface area contributed by atoms with Crippen LogP contribution in [0.15, 0.2) is 18.3 Å². The van der Waals surface area contributed by atoms with Crippen LogP contribution in [0.3, 0.4) is 0 Å². The molecule has 0 unspecified atom stereocenters. The van der Waals surface area contributed by atoms with Gasteiger partial charge in [-0.2, -0.15) is 13.2 Å². The van der Waals surface area contributed by atoms with Crippen molar-refractivity contribution < 1.29 is 52.6 Å². The van der Waals surface area contributed by atoms with Gasteiger partial charge in [-0.25, -0.2) is 0 Å². The van der Waals surface area contributed by atoms with E-state index in [9.17, 15) is 23.1 Å². The summed E-state index contributed by atoms with van der Waals surface area (Å²) < 4.78 is 36.7. The molecule has 1 aromatic rings. The molecule has 0 aliphatic heterocycles. The SMILES string of the molecule is O=C([O-])Cc1ncccc1C(F)(F)F.[Na+]. The number of pyridine rings is 1. The zero-order chi connectivity index (χ0) is 10.8. The zero-order valence-corrected chi connectivity index (χ0v) is 9.84. The molecule has 0 saturated heterocycles. The maximum Gasteiger partial charge on any atom is 1.00 e. The van der Waals surface area contributed by atoms with E-state index in [1.807, 2.05) is 0 Å². The van der Waals surface area contributed by atoms with Crippen LogP contribution in [0.1, 0.15) is 11.3 Å². The van der Waals surface area contributed by atoms with Crippen molar-refractivity contribution in [3.05, 3.63) is 29.6 Å². The van der Waals surface area contributed by atoms with Crippen LogP contribution >= 0.6 is 0 Å². The van der Waals surface area contributed by atoms with Gasteiger partial charge in [0.15, 0.2) is 0 Å². The average Bonchev–Trinajstić information content (AvgIpc) is 2.01. The molecule has 0 atom stereocenters. The second-order valence-corrected chi connectivity index (χ2v) is 2.54. The van der Waals surface area contributed by atoms with Crippen LogP contribution in [0.25, 0.3) is 0 Å². The molecule has 3 nitrogen and oxygen atoms in total. The number of rotatable bonds is 2. The van der Waals surface area contributed by atoms with Crippen molar-refractivity contribution in [2.24, 2.45) is 0 Å². The molecule has 1 aromatic heterocycles. The summed E-state index contributed by atoms with van der Waals surface area (Å²) in [5.41, 5.74) is -1.57. The summed E-state index contributed by atoms with van der Waals surface area (Å²) in [6.07, 6.45) is -4.32. The first kappa shape index (κ1) is 14.4. The predicted molar refractivity (Wildman–Crippen MR) is 38.0 cm³/mol. The molecule has 0 bridgehead atoms. The van der Waals surface area contributed by atoms with E-state index in [-0.39, 0.29) is 29.6 Å². The first-order chi connectivity index (χ1) is 6.41. The number of carbonyl (C=O) groups excluding carboxylic acids is 1. The van der Waals surface area contributed by atoms with Gasteiger partial charge in [-0.1, -0.05) is 0 Å². The van der Waals surface area contributed by atoms with E-state index in [1.165, 1.54) is 0 Å². The number of hydrogen-bond acceptors (Lipinski definition) is 3. The van der Waals surface area contributed by atoms with Crippen molar-refractivity contribution in [1.82, 2.24) is 4.98 Å². The zero-order valence-electron chi connectivity index (χ0n) is 7.84. The molecule has 0 aromatic carbocycles. The fraction of sp³-hybridized carbons (Fsp3) is 0.250. The largest absolute Gasteiger partial charge is 1.00 e. The number of hydrogen-bond donors (Lipinski definition) is 0. The number of alkyl halides is 3. The van der Waals surface area contributed by atoms with Gasteiger partial charge >= 0.3 is 35.7 Å². The third-order valence-corrected chi connectivity index (χ3v) is 1.51. The first-order valence-corrected chi connectivity index (χ1v) is 3.62. The molecule has 0 N–H and O–H groups in total. The Labute approximate surface area is 106 Å². The number of nitrogens with zero attached hydrogens (tertiary/aromatic N) is 1. The van der Waals surface area contributed by atoms with Gasteiger partial charge in [-0.3, -0.25) is 4.98 Å². The fourth-order valence-electron chi connectivity index (χ4n) is 0.974. The minimum Gasteiger partial charge on any atom is -0.550 e. The standard InChI is InChI=1S/C8H6F3NO2.Na/c9-8(10,11)5-2-1-3-12-6(5)4-7(13)14;/h1-3H,4H2,(H,13,14);/q;+1/p-1. The molecule has 0 spiro atoms. The Hall–Kier alpha value is -0.590. The first-order valence-electron chi connectivity index (χ1n) is 3.62. The van der Waals surface area contributed by atoms with E-state index in [2.05, 4.69) is 4.98 Å². The average molecular weight is 227 g/mol. The molecular formula is C8H5F3NNaO2. The van der Waals surface area contributed by atoms with Crippen molar-refractivity contribution in [3.63, 3.8) is 0 Å². The third-order valence-electron chi connectivity index (χ3n) is 1.51. The summed E-state index contributed by atoms with van der Waals surface area (Å²) >= 11 is 0. The van der Waals surface area contributed by atoms with Crippen molar-refractivity contribution in [3.8, 4) is 0 Å². The van der Waals surface area contributed by atoms with Gasteiger partial charge < -0.3 is 9.90 Å². The summed E-state index contributed by atoms with van der Waals surface area (Å²) in [7, 11) is 0. The molecule has 76 valence electrons. The number of aliphatic carboxylic acids is 1. The number of aromatic nitrogens is 1. The van der Waals surface area contributed by atoms with Gasteiger partial charge in [0, 0.05) is 18.6 Å². The normalized spacial score (nSPS) is 10.6. The van der Waals surface area contributed by atoms with Crippen molar-refractivity contribution >= 4 is 5.97 Å². The summed E-state index contributed by atoms with van der Waals surface area (Å²) in [4.78, 5) is 13.5. The molecule has 0 amide bonds. The summed E-state index contributed by atoms with van der Waals surface area (Å²) in [6, 6.07) is 1.88. The second kappa shape index (κ2) is 5.48. The topological polar surface area (TPSA) is 53.0 Å². The summed E-state index contributed by atoms with van der Waals surface area (Å²) in [5, 5.41) is 10.1. The minimum absolute atomic E-state index is 0.